The maximum absolute atomic E-state index is 10.8. The fraction of sp³-hybridized carbons (Fsp3) is 0.417. The summed E-state index contributed by atoms with van der Waals surface area (Å²) >= 11 is 5.77. The highest BCUT2D eigenvalue weighted by molar-refractivity contribution is 6.32. The van der Waals surface area contributed by atoms with Crippen molar-refractivity contribution >= 4 is 17.6 Å². The first-order valence-electron chi connectivity index (χ1n) is 5.07. The molecule has 0 bridgehead atoms. The predicted octanol–water partition coefficient (Wildman–Crippen LogP) is 2.81. The summed E-state index contributed by atoms with van der Waals surface area (Å²) in [5.74, 6) is -0.847. The molecule has 2 N–H and O–H groups in total. The number of phenolic OH excluding ortho intramolecular Hbond substituents is 1. The Morgan fingerprint density at radius 3 is 2.53 bits per heavy atom. The maximum Gasteiger partial charge on any atom is 0.304 e. The van der Waals surface area contributed by atoms with E-state index < -0.39 is 11.4 Å². The molecule has 0 saturated heterocycles. The van der Waals surface area contributed by atoms with Crippen molar-refractivity contribution in [3.63, 3.8) is 0 Å². The zero-order valence-electron chi connectivity index (χ0n) is 9.95. The fourth-order valence-electron chi connectivity index (χ4n) is 1.76. The van der Waals surface area contributed by atoms with Crippen molar-refractivity contribution in [1.29, 1.82) is 0 Å². The summed E-state index contributed by atoms with van der Waals surface area (Å²) < 4.78 is 5.10. The van der Waals surface area contributed by atoms with Gasteiger partial charge < -0.3 is 14.9 Å². The normalized spacial score (nSPS) is 11.3. The molecule has 0 heterocycles. The molecular formula is C12H15ClO4. The Hall–Kier alpha value is -1.42. The molecule has 0 spiro atoms. The summed E-state index contributed by atoms with van der Waals surface area (Å²) in [6.07, 6.45) is -0.0650. The van der Waals surface area contributed by atoms with Crippen LogP contribution in [-0.2, 0) is 10.2 Å². The molecule has 0 saturated carbocycles. The van der Waals surface area contributed by atoms with E-state index in [0.29, 0.717) is 5.56 Å². The minimum absolute atomic E-state index is 0.0650. The number of rotatable bonds is 4. The summed E-state index contributed by atoms with van der Waals surface area (Å²) in [6.45, 7) is 3.54. The van der Waals surface area contributed by atoms with Crippen LogP contribution in [0.1, 0.15) is 25.8 Å². The molecule has 4 nitrogen and oxygen atoms in total. The van der Waals surface area contributed by atoms with Crippen LogP contribution in [0.2, 0.25) is 5.02 Å². The lowest BCUT2D eigenvalue weighted by Crippen LogP contribution is -2.22. The molecule has 5 heteroatoms. The first-order chi connectivity index (χ1) is 7.79. The van der Waals surface area contributed by atoms with Crippen molar-refractivity contribution in [3.8, 4) is 11.5 Å². The van der Waals surface area contributed by atoms with Crippen LogP contribution in [0.5, 0.6) is 11.5 Å². The molecule has 0 radical (unpaired) electrons. The van der Waals surface area contributed by atoms with Crippen molar-refractivity contribution < 1.29 is 19.7 Å². The summed E-state index contributed by atoms with van der Waals surface area (Å²) in [5, 5.41) is 18.8. The quantitative estimate of drug-likeness (QED) is 0.872. The number of methoxy groups -OCH3 is 1. The van der Waals surface area contributed by atoms with Gasteiger partial charge in [0.05, 0.1) is 18.6 Å². The predicted molar refractivity (Wildman–Crippen MR) is 64.9 cm³/mol. The van der Waals surface area contributed by atoms with Crippen LogP contribution in [0, 0.1) is 0 Å². The highest BCUT2D eigenvalue weighted by Gasteiger charge is 2.29. The number of carboxylic acids is 1. The molecular weight excluding hydrogens is 244 g/mol. The van der Waals surface area contributed by atoms with E-state index in [1.807, 2.05) is 0 Å². The number of benzene rings is 1. The molecule has 0 atom stereocenters. The lowest BCUT2D eigenvalue weighted by atomic mass is 9.81. The number of hydrogen-bond donors (Lipinski definition) is 2. The Bertz CT molecular complexity index is 440. The Morgan fingerprint density at radius 2 is 2.06 bits per heavy atom. The second kappa shape index (κ2) is 4.84. The first kappa shape index (κ1) is 13.6. The average molecular weight is 259 g/mol. The highest BCUT2D eigenvalue weighted by Crippen LogP contribution is 2.43. The van der Waals surface area contributed by atoms with E-state index in [1.54, 1.807) is 19.9 Å². The maximum atomic E-state index is 10.8. The van der Waals surface area contributed by atoms with Gasteiger partial charge in [-0.05, 0) is 6.07 Å². The van der Waals surface area contributed by atoms with Gasteiger partial charge in [-0.25, -0.2) is 0 Å². The molecule has 0 aliphatic heterocycles. The van der Waals surface area contributed by atoms with Gasteiger partial charge in [-0.2, -0.15) is 0 Å². The van der Waals surface area contributed by atoms with E-state index >= 15 is 0 Å². The van der Waals surface area contributed by atoms with Gasteiger partial charge in [-0.15, -0.1) is 0 Å². The molecule has 94 valence electrons. The van der Waals surface area contributed by atoms with E-state index in [1.165, 1.54) is 13.2 Å². The van der Waals surface area contributed by atoms with Gasteiger partial charge >= 0.3 is 5.97 Å². The molecule has 17 heavy (non-hydrogen) atoms. The number of phenols is 1. The topological polar surface area (TPSA) is 66.8 Å². The highest BCUT2D eigenvalue weighted by atomic mass is 35.5. The summed E-state index contributed by atoms with van der Waals surface area (Å²) in [4.78, 5) is 10.8. The van der Waals surface area contributed by atoms with E-state index in [9.17, 15) is 9.90 Å². The standard InChI is InChI=1S/C12H15ClO4/c1-12(2,6-9(14)15)7-4-5-8(13)10(16)11(7)17-3/h4-5,16H,6H2,1-3H3,(H,14,15). The molecule has 1 rings (SSSR count). The SMILES string of the molecule is COc1c(C(C)(C)CC(=O)O)ccc(Cl)c1O. The van der Waals surface area contributed by atoms with E-state index in [4.69, 9.17) is 21.4 Å². The molecule has 0 fully saturated rings. The smallest absolute Gasteiger partial charge is 0.304 e. The number of ether oxygens (including phenoxy) is 1. The van der Waals surface area contributed by atoms with Gasteiger partial charge in [0.2, 0.25) is 0 Å². The van der Waals surface area contributed by atoms with Crippen molar-refractivity contribution in [2.24, 2.45) is 0 Å². The Morgan fingerprint density at radius 1 is 1.47 bits per heavy atom. The average Bonchev–Trinajstić information content (AvgIpc) is 2.19. The molecule has 0 amide bonds. The minimum atomic E-state index is -0.911. The van der Waals surface area contributed by atoms with Crippen LogP contribution in [0.4, 0.5) is 0 Å². The van der Waals surface area contributed by atoms with E-state index in [-0.39, 0.29) is 22.9 Å². The first-order valence-corrected chi connectivity index (χ1v) is 5.45. The third-order valence-electron chi connectivity index (χ3n) is 2.61. The summed E-state index contributed by atoms with van der Waals surface area (Å²) in [7, 11) is 1.41. The largest absolute Gasteiger partial charge is 0.503 e. The molecule has 0 aliphatic carbocycles. The second-order valence-corrected chi connectivity index (χ2v) is 4.84. The Kier molecular flexibility index (Phi) is 3.88. The Labute approximate surface area is 105 Å². The zero-order chi connectivity index (χ0) is 13.2. The van der Waals surface area contributed by atoms with Crippen molar-refractivity contribution in [3.05, 3.63) is 22.7 Å². The zero-order valence-corrected chi connectivity index (χ0v) is 10.7. The molecule has 0 aliphatic rings. The van der Waals surface area contributed by atoms with Crippen molar-refractivity contribution in [2.75, 3.05) is 7.11 Å². The monoisotopic (exact) mass is 258 g/mol. The van der Waals surface area contributed by atoms with Crippen LogP contribution in [-0.4, -0.2) is 23.3 Å². The number of carboxylic acid groups (broad SMARTS) is 1. The summed E-state index contributed by atoms with van der Waals surface area (Å²) in [6, 6.07) is 3.20. The van der Waals surface area contributed by atoms with E-state index in [2.05, 4.69) is 0 Å². The van der Waals surface area contributed by atoms with Crippen LogP contribution < -0.4 is 4.74 Å². The second-order valence-electron chi connectivity index (χ2n) is 4.43. The number of aliphatic carboxylic acids is 1. The third kappa shape index (κ3) is 2.82. The number of carbonyl (C=O) groups is 1. The number of aromatic hydroxyl groups is 1. The van der Waals surface area contributed by atoms with Gasteiger partial charge in [0.25, 0.3) is 0 Å². The number of hydrogen-bond acceptors (Lipinski definition) is 3. The molecule has 1 aromatic rings. The van der Waals surface area contributed by atoms with Crippen LogP contribution in [0.25, 0.3) is 0 Å². The van der Waals surface area contributed by atoms with Crippen molar-refractivity contribution in [2.45, 2.75) is 25.7 Å². The van der Waals surface area contributed by atoms with Gasteiger partial charge in [-0.3, -0.25) is 4.79 Å². The van der Waals surface area contributed by atoms with Crippen molar-refractivity contribution in [1.82, 2.24) is 0 Å². The third-order valence-corrected chi connectivity index (χ3v) is 2.91. The lowest BCUT2D eigenvalue weighted by molar-refractivity contribution is -0.138. The summed E-state index contributed by atoms with van der Waals surface area (Å²) in [5.41, 5.74) is -0.0384. The van der Waals surface area contributed by atoms with Crippen LogP contribution in [0.15, 0.2) is 12.1 Å². The van der Waals surface area contributed by atoms with Gasteiger partial charge in [0, 0.05) is 11.0 Å². The van der Waals surface area contributed by atoms with Gasteiger partial charge in [0.1, 0.15) is 0 Å². The minimum Gasteiger partial charge on any atom is -0.503 e. The Balaban J connectivity index is 3.31. The fourth-order valence-corrected chi connectivity index (χ4v) is 1.91. The molecule has 1 aromatic carbocycles. The molecule has 0 aromatic heterocycles. The van der Waals surface area contributed by atoms with Gasteiger partial charge in [-0.1, -0.05) is 31.5 Å². The van der Waals surface area contributed by atoms with Crippen LogP contribution >= 0.6 is 11.6 Å². The lowest BCUT2D eigenvalue weighted by Gasteiger charge is -2.25. The van der Waals surface area contributed by atoms with Crippen LogP contribution in [0.3, 0.4) is 0 Å². The molecule has 0 unspecified atom stereocenters. The number of halogens is 1. The van der Waals surface area contributed by atoms with E-state index in [0.717, 1.165) is 0 Å². The van der Waals surface area contributed by atoms with Gasteiger partial charge in [0.15, 0.2) is 11.5 Å².